The van der Waals surface area contributed by atoms with Crippen LogP contribution in [0, 0.1) is 0 Å². The van der Waals surface area contributed by atoms with Gasteiger partial charge in [-0.1, -0.05) is 24.3 Å². The van der Waals surface area contributed by atoms with Crippen LogP contribution in [0.1, 0.15) is 10.6 Å². The molecule has 0 unspecified atom stereocenters. The van der Waals surface area contributed by atoms with Crippen LogP contribution in [0.25, 0.3) is 10.2 Å². The number of fused-ring (bicyclic) bond motifs is 1. The monoisotopic (exact) mass is 270 g/mol. The molecule has 2 N–H and O–H groups in total. The molecule has 0 bridgehead atoms. The van der Waals surface area contributed by atoms with E-state index in [1.165, 1.54) is 4.70 Å². The molecule has 0 aliphatic rings. The van der Waals surface area contributed by atoms with Crippen molar-refractivity contribution >= 4 is 21.6 Å². The Bertz CT molecular complexity index is 643. The lowest BCUT2D eigenvalue weighted by Crippen LogP contribution is -1.97. The van der Waals surface area contributed by atoms with Gasteiger partial charge in [0.15, 0.2) is 0 Å². The van der Waals surface area contributed by atoms with Crippen LogP contribution < -0.4 is 10.5 Å². The van der Waals surface area contributed by atoms with Crippen molar-refractivity contribution in [3.05, 3.63) is 59.1 Å². The van der Waals surface area contributed by atoms with Crippen LogP contribution in [0.3, 0.4) is 0 Å². The van der Waals surface area contributed by atoms with Gasteiger partial charge in [0, 0.05) is 6.54 Å². The summed E-state index contributed by atoms with van der Waals surface area (Å²) in [5, 5.41) is 0.990. The highest BCUT2D eigenvalue weighted by molar-refractivity contribution is 7.18. The summed E-state index contributed by atoms with van der Waals surface area (Å²) in [4.78, 5) is 4.54. The van der Waals surface area contributed by atoms with Crippen molar-refractivity contribution in [2.75, 3.05) is 0 Å². The Morgan fingerprint density at radius 3 is 2.58 bits per heavy atom. The molecule has 0 atom stereocenters. The largest absolute Gasteiger partial charge is 0.486 e. The van der Waals surface area contributed by atoms with Crippen molar-refractivity contribution in [3.63, 3.8) is 0 Å². The van der Waals surface area contributed by atoms with Crippen molar-refractivity contribution in [2.45, 2.75) is 13.2 Å². The Labute approximate surface area is 115 Å². The third kappa shape index (κ3) is 2.75. The van der Waals surface area contributed by atoms with Gasteiger partial charge >= 0.3 is 0 Å². The van der Waals surface area contributed by atoms with Crippen molar-refractivity contribution in [2.24, 2.45) is 5.73 Å². The molecule has 0 radical (unpaired) electrons. The molecule has 1 aromatic heterocycles. The van der Waals surface area contributed by atoms with E-state index in [0.29, 0.717) is 13.2 Å². The zero-order valence-electron chi connectivity index (χ0n) is 10.4. The average Bonchev–Trinajstić information content (AvgIpc) is 2.88. The first kappa shape index (κ1) is 12.1. The number of nitrogens with zero attached hydrogens (tertiary/aromatic N) is 1. The van der Waals surface area contributed by atoms with Crippen LogP contribution in [0.15, 0.2) is 48.5 Å². The summed E-state index contributed by atoms with van der Waals surface area (Å²) in [5.74, 6) is 0.844. The van der Waals surface area contributed by atoms with E-state index in [0.717, 1.165) is 21.8 Å². The molecule has 0 saturated heterocycles. The Morgan fingerprint density at radius 1 is 1.05 bits per heavy atom. The van der Waals surface area contributed by atoms with Gasteiger partial charge in [0.05, 0.1) is 10.2 Å². The number of aromatic nitrogens is 1. The maximum atomic E-state index is 5.73. The first-order valence-electron chi connectivity index (χ1n) is 6.11. The van der Waals surface area contributed by atoms with E-state index in [1.807, 2.05) is 42.5 Å². The molecule has 1 heterocycles. The van der Waals surface area contributed by atoms with Crippen molar-refractivity contribution < 1.29 is 4.74 Å². The van der Waals surface area contributed by atoms with E-state index in [9.17, 15) is 0 Å². The first-order valence-corrected chi connectivity index (χ1v) is 6.93. The van der Waals surface area contributed by atoms with Crippen LogP contribution in [0.5, 0.6) is 5.75 Å². The molecule has 3 nitrogen and oxygen atoms in total. The molecule has 0 amide bonds. The summed E-state index contributed by atoms with van der Waals surface area (Å²) >= 11 is 1.67. The van der Waals surface area contributed by atoms with Gasteiger partial charge < -0.3 is 10.5 Å². The summed E-state index contributed by atoms with van der Waals surface area (Å²) in [6.07, 6.45) is 0. The number of ether oxygens (including phenoxy) is 1. The van der Waals surface area contributed by atoms with Gasteiger partial charge in [-0.3, -0.25) is 0 Å². The number of rotatable bonds is 4. The van der Waals surface area contributed by atoms with Crippen LogP contribution in [0.4, 0.5) is 0 Å². The predicted molar refractivity (Wildman–Crippen MR) is 78.3 cm³/mol. The fraction of sp³-hybridized carbons (Fsp3) is 0.133. The maximum absolute atomic E-state index is 5.73. The average molecular weight is 270 g/mol. The summed E-state index contributed by atoms with van der Waals surface area (Å²) < 4.78 is 6.92. The lowest BCUT2D eigenvalue weighted by atomic mass is 10.2. The standard InChI is InChI=1S/C15H14N2OS/c16-9-11-5-7-12(8-6-11)18-10-15-17-13-3-1-2-4-14(13)19-15/h1-8H,9-10,16H2. The Balaban J connectivity index is 1.70. The van der Waals surface area contributed by atoms with Crippen LogP contribution in [-0.2, 0) is 13.2 Å². The SMILES string of the molecule is NCc1ccc(OCc2nc3ccccc3s2)cc1. The highest BCUT2D eigenvalue weighted by Gasteiger charge is 2.03. The molecule has 0 aliphatic carbocycles. The van der Waals surface area contributed by atoms with Crippen LogP contribution in [0.2, 0.25) is 0 Å². The molecular formula is C15H14N2OS. The topological polar surface area (TPSA) is 48.1 Å². The number of hydrogen-bond donors (Lipinski definition) is 1. The molecule has 0 spiro atoms. The van der Waals surface area contributed by atoms with Crippen molar-refractivity contribution in [3.8, 4) is 5.75 Å². The van der Waals surface area contributed by atoms with Gasteiger partial charge in [-0.25, -0.2) is 4.98 Å². The molecular weight excluding hydrogens is 256 g/mol. The number of para-hydroxylation sites is 1. The highest BCUT2D eigenvalue weighted by Crippen LogP contribution is 2.23. The first-order chi connectivity index (χ1) is 9.35. The maximum Gasteiger partial charge on any atom is 0.140 e. The van der Waals surface area contributed by atoms with Crippen molar-refractivity contribution in [1.29, 1.82) is 0 Å². The molecule has 3 aromatic rings. The number of nitrogens with two attached hydrogens (primary N) is 1. The summed E-state index contributed by atoms with van der Waals surface area (Å²) in [6.45, 7) is 1.06. The number of thiazole rings is 1. The second-order valence-electron chi connectivity index (χ2n) is 4.21. The smallest absolute Gasteiger partial charge is 0.140 e. The summed E-state index contributed by atoms with van der Waals surface area (Å²) in [7, 11) is 0. The lowest BCUT2D eigenvalue weighted by molar-refractivity contribution is 0.306. The van der Waals surface area contributed by atoms with E-state index < -0.39 is 0 Å². The fourth-order valence-corrected chi connectivity index (χ4v) is 2.73. The molecule has 3 rings (SSSR count). The lowest BCUT2D eigenvalue weighted by Gasteiger charge is -2.04. The zero-order chi connectivity index (χ0) is 13.1. The minimum atomic E-state index is 0.501. The molecule has 0 aliphatic heterocycles. The minimum Gasteiger partial charge on any atom is -0.486 e. The van der Waals surface area contributed by atoms with E-state index in [1.54, 1.807) is 11.3 Å². The third-order valence-electron chi connectivity index (χ3n) is 2.86. The normalized spacial score (nSPS) is 10.8. The summed E-state index contributed by atoms with van der Waals surface area (Å²) in [5.41, 5.74) is 7.69. The van der Waals surface area contributed by atoms with E-state index >= 15 is 0 Å². The fourth-order valence-electron chi connectivity index (χ4n) is 1.85. The molecule has 0 saturated carbocycles. The second kappa shape index (κ2) is 5.38. The Kier molecular flexibility index (Phi) is 3.44. The van der Waals surface area contributed by atoms with E-state index in [-0.39, 0.29) is 0 Å². The molecule has 0 fully saturated rings. The van der Waals surface area contributed by atoms with Gasteiger partial charge in [0.25, 0.3) is 0 Å². The van der Waals surface area contributed by atoms with Gasteiger partial charge in [-0.2, -0.15) is 0 Å². The number of benzene rings is 2. The Hall–Kier alpha value is -1.91. The molecule has 19 heavy (non-hydrogen) atoms. The van der Waals surface area contributed by atoms with Gasteiger partial charge in [0.1, 0.15) is 17.4 Å². The zero-order valence-corrected chi connectivity index (χ0v) is 11.2. The second-order valence-corrected chi connectivity index (χ2v) is 5.33. The highest BCUT2D eigenvalue weighted by atomic mass is 32.1. The van der Waals surface area contributed by atoms with Gasteiger partial charge in [-0.15, -0.1) is 11.3 Å². The molecule has 4 heteroatoms. The number of hydrogen-bond acceptors (Lipinski definition) is 4. The van der Waals surface area contributed by atoms with Crippen LogP contribution in [-0.4, -0.2) is 4.98 Å². The summed E-state index contributed by atoms with van der Waals surface area (Å²) in [6, 6.07) is 16.0. The van der Waals surface area contributed by atoms with E-state index in [2.05, 4.69) is 11.1 Å². The van der Waals surface area contributed by atoms with Crippen molar-refractivity contribution in [1.82, 2.24) is 4.98 Å². The van der Waals surface area contributed by atoms with E-state index in [4.69, 9.17) is 10.5 Å². The van der Waals surface area contributed by atoms with Gasteiger partial charge in [-0.05, 0) is 29.8 Å². The van der Waals surface area contributed by atoms with Crippen LogP contribution >= 0.6 is 11.3 Å². The quantitative estimate of drug-likeness (QED) is 0.791. The Morgan fingerprint density at radius 2 is 1.84 bits per heavy atom. The molecule has 2 aromatic carbocycles. The predicted octanol–water partition coefficient (Wildman–Crippen LogP) is 3.33. The third-order valence-corrected chi connectivity index (χ3v) is 3.87. The molecule has 96 valence electrons. The van der Waals surface area contributed by atoms with Gasteiger partial charge in [0.2, 0.25) is 0 Å². The minimum absolute atomic E-state index is 0.501.